The minimum absolute atomic E-state index is 0.0802. The Balaban J connectivity index is 1.60. The first-order chi connectivity index (χ1) is 12.3. The van der Waals surface area contributed by atoms with Gasteiger partial charge in [-0.15, -0.1) is 0 Å². The molecule has 1 saturated heterocycles. The van der Waals surface area contributed by atoms with Crippen molar-refractivity contribution < 1.29 is 13.9 Å². The minimum Gasteiger partial charge on any atom is -0.490 e. The fourth-order valence-corrected chi connectivity index (χ4v) is 3.09. The molecule has 5 nitrogen and oxygen atoms in total. The molecule has 0 spiro atoms. The molecule has 1 atom stereocenters. The van der Waals surface area contributed by atoms with Gasteiger partial charge in [-0.3, -0.25) is 9.69 Å². The third-order valence-electron chi connectivity index (χ3n) is 4.39. The van der Waals surface area contributed by atoms with Gasteiger partial charge >= 0.3 is 0 Å². The van der Waals surface area contributed by atoms with E-state index in [0.717, 1.165) is 24.6 Å². The number of benzene rings is 1. The third-order valence-corrected chi connectivity index (χ3v) is 4.39. The summed E-state index contributed by atoms with van der Waals surface area (Å²) in [4.78, 5) is 14.8. The monoisotopic (exact) mass is 340 g/mol. The van der Waals surface area contributed by atoms with E-state index in [4.69, 9.17) is 9.15 Å². The second-order valence-electron chi connectivity index (χ2n) is 6.11. The molecule has 1 unspecified atom stereocenters. The number of carbonyl (C=O) groups excluding carboxylic acids is 1. The lowest BCUT2D eigenvalue weighted by Crippen LogP contribution is -2.36. The molecule has 1 aromatic carbocycles. The van der Waals surface area contributed by atoms with Crippen LogP contribution >= 0.6 is 0 Å². The van der Waals surface area contributed by atoms with E-state index in [1.54, 1.807) is 36.6 Å². The Hall–Kier alpha value is -2.53. The molecule has 3 rings (SSSR count). The van der Waals surface area contributed by atoms with Gasteiger partial charge in [0.25, 0.3) is 5.91 Å². The van der Waals surface area contributed by atoms with Crippen LogP contribution in [-0.4, -0.2) is 37.0 Å². The largest absolute Gasteiger partial charge is 0.490 e. The first kappa shape index (κ1) is 17.3. The fraction of sp³-hybridized carbons (Fsp3) is 0.350. The van der Waals surface area contributed by atoms with Crippen molar-refractivity contribution in [3.63, 3.8) is 0 Å². The summed E-state index contributed by atoms with van der Waals surface area (Å²) in [5.41, 5.74) is 0.616. The van der Waals surface area contributed by atoms with Gasteiger partial charge in [-0.1, -0.05) is 12.7 Å². The highest BCUT2D eigenvalue weighted by atomic mass is 16.5. The van der Waals surface area contributed by atoms with E-state index in [1.807, 2.05) is 12.1 Å². The number of carbonyl (C=O) groups is 1. The highest BCUT2D eigenvalue weighted by Crippen LogP contribution is 2.25. The number of nitrogens with zero attached hydrogens (tertiary/aromatic N) is 1. The van der Waals surface area contributed by atoms with Crippen LogP contribution in [0.2, 0.25) is 0 Å². The van der Waals surface area contributed by atoms with Crippen LogP contribution < -0.4 is 10.1 Å². The van der Waals surface area contributed by atoms with E-state index < -0.39 is 0 Å². The fourth-order valence-electron chi connectivity index (χ4n) is 3.09. The summed E-state index contributed by atoms with van der Waals surface area (Å²) in [6.07, 6.45) is 5.75. The number of amides is 1. The Morgan fingerprint density at radius 2 is 2.04 bits per heavy atom. The number of ether oxygens (including phenoxy) is 1. The van der Waals surface area contributed by atoms with Crippen LogP contribution in [-0.2, 0) is 0 Å². The van der Waals surface area contributed by atoms with Gasteiger partial charge in [0.05, 0.1) is 12.3 Å². The van der Waals surface area contributed by atoms with E-state index in [1.165, 1.54) is 12.8 Å². The first-order valence-corrected chi connectivity index (χ1v) is 8.67. The summed E-state index contributed by atoms with van der Waals surface area (Å²) in [6, 6.07) is 11.1. The molecule has 0 saturated carbocycles. The van der Waals surface area contributed by atoms with Crippen LogP contribution in [0.1, 0.15) is 35.0 Å². The van der Waals surface area contributed by atoms with Gasteiger partial charge in [-0.25, -0.2) is 0 Å². The predicted octanol–water partition coefficient (Wildman–Crippen LogP) is 3.41. The number of likely N-dealkylation sites (tertiary alicyclic amines) is 1. The zero-order chi connectivity index (χ0) is 17.5. The van der Waals surface area contributed by atoms with Crippen LogP contribution in [0.3, 0.4) is 0 Å². The molecule has 0 radical (unpaired) electrons. The lowest BCUT2D eigenvalue weighted by Gasteiger charge is -2.26. The summed E-state index contributed by atoms with van der Waals surface area (Å²) in [5, 5.41) is 3.03. The maximum atomic E-state index is 12.4. The van der Waals surface area contributed by atoms with Gasteiger partial charge in [0.1, 0.15) is 18.1 Å². The maximum absolute atomic E-state index is 12.4. The van der Waals surface area contributed by atoms with Gasteiger partial charge in [0.2, 0.25) is 0 Å². The predicted molar refractivity (Wildman–Crippen MR) is 96.7 cm³/mol. The molecule has 5 heteroatoms. The summed E-state index contributed by atoms with van der Waals surface area (Å²) in [7, 11) is 0. The van der Waals surface area contributed by atoms with Gasteiger partial charge in [-0.2, -0.15) is 0 Å². The number of hydrogen-bond acceptors (Lipinski definition) is 4. The molecule has 1 amide bonds. The van der Waals surface area contributed by atoms with Crippen molar-refractivity contribution >= 4 is 5.91 Å². The molecule has 25 heavy (non-hydrogen) atoms. The Morgan fingerprint density at radius 1 is 1.28 bits per heavy atom. The molecule has 0 aliphatic carbocycles. The molecule has 2 aromatic rings. The molecule has 1 aromatic heterocycles. The zero-order valence-electron chi connectivity index (χ0n) is 14.3. The smallest absolute Gasteiger partial charge is 0.251 e. The molecular weight excluding hydrogens is 316 g/mol. The Labute approximate surface area is 148 Å². The second kappa shape index (κ2) is 8.53. The second-order valence-corrected chi connectivity index (χ2v) is 6.11. The number of hydrogen-bond donors (Lipinski definition) is 1. The van der Waals surface area contributed by atoms with Crippen molar-refractivity contribution in [2.45, 2.75) is 18.9 Å². The quantitative estimate of drug-likeness (QED) is 0.748. The number of rotatable bonds is 8. The van der Waals surface area contributed by atoms with Gasteiger partial charge in [0, 0.05) is 12.1 Å². The van der Waals surface area contributed by atoms with Gasteiger partial charge in [-0.05, 0) is 62.3 Å². The summed E-state index contributed by atoms with van der Waals surface area (Å²) in [6.45, 7) is 6.67. The normalized spacial score (nSPS) is 15.7. The van der Waals surface area contributed by atoms with Crippen molar-refractivity contribution in [2.24, 2.45) is 0 Å². The van der Waals surface area contributed by atoms with Crippen molar-refractivity contribution in [1.82, 2.24) is 10.2 Å². The lowest BCUT2D eigenvalue weighted by molar-refractivity contribution is 0.0933. The van der Waals surface area contributed by atoms with Crippen LogP contribution in [0.15, 0.2) is 59.7 Å². The average molecular weight is 340 g/mol. The molecule has 132 valence electrons. The van der Waals surface area contributed by atoms with Crippen molar-refractivity contribution in [3.8, 4) is 5.75 Å². The first-order valence-electron chi connectivity index (χ1n) is 8.67. The zero-order valence-corrected chi connectivity index (χ0v) is 14.3. The molecular formula is C20H24N2O3. The van der Waals surface area contributed by atoms with Gasteiger partial charge in [0.15, 0.2) is 0 Å². The summed E-state index contributed by atoms with van der Waals surface area (Å²) >= 11 is 0. The Bertz CT molecular complexity index is 673. The SMILES string of the molecule is C=CCOc1ccc(C(=O)NCC(c2ccco2)N2CCCC2)cc1. The van der Waals surface area contributed by atoms with Gasteiger partial charge < -0.3 is 14.5 Å². The molecule has 2 heterocycles. The highest BCUT2D eigenvalue weighted by molar-refractivity contribution is 5.94. The topological polar surface area (TPSA) is 54.7 Å². The van der Waals surface area contributed by atoms with E-state index >= 15 is 0 Å². The molecule has 1 N–H and O–H groups in total. The van der Waals surface area contributed by atoms with Crippen LogP contribution in [0, 0.1) is 0 Å². The summed E-state index contributed by atoms with van der Waals surface area (Å²) in [5.74, 6) is 1.53. The van der Waals surface area contributed by atoms with E-state index in [9.17, 15) is 4.79 Å². The molecule has 0 bridgehead atoms. The van der Waals surface area contributed by atoms with Crippen molar-refractivity contribution in [1.29, 1.82) is 0 Å². The Morgan fingerprint density at radius 3 is 2.68 bits per heavy atom. The van der Waals surface area contributed by atoms with E-state index in [2.05, 4.69) is 16.8 Å². The van der Waals surface area contributed by atoms with E-state index in [-0.39, 0.29) is 11.9 Å². The maximum Gasteiger partial charge on any atom is 0.251 e. The number of furan rings is 1. The molecule has 1 aliphatic rings. The standard InChI is InChI=1S/C20H24N2O3/c1-2-13-24-17-9-7-16(8-10-17)20(23)21-15-18(19-6-5-14-25-19)22-11-3-4-12-22/h2,5-10,14,18H,1,3-4,11-13,15H2,(H,21,23). The highest BCUT2D eigenvalue weighted by Gasteiger charge is 2.26. The minimum atomic E-state index is -0.0916. The molecule has 1 fully saturated rings. The van der Waals surface area contributed by atoms with Crippen LogP contribution in [0.5, 0.6) is 5.75 Å². The molecule has 1 aliphatic heterocycles. The number of nitrogens with one attached hydrogen (secondary N) is 1. The lowest BCUT2D eigenvalue weighted by atomic mass is 10.1. The summed E-state index contributed by atoms with van der Waals surface area (Å²) < 4.78 is 11.0. The average Bonchev–Trinajstić information content (AvgIpc) is 3.35. The van der Waals surface area contributed by atoms with E-state index in [0.29, 0.717) is 18.7 Å². The van der Waals surface area contributed by atoms with Crippen molar-refractivity contribution in [3.05, 3.63) is 66.6 Å². The van der Waals surface area contributed by atoms with Crippen LogP contribution in [0.4, 0.5) is 0 Å². The third kappa shape index (κ3) is 4.51. The Kier molecular flexibility index (Phi) is 5.90. The van der Waals surface area contributed by atoms with Crippen molar-refractivity contribution in [2.75, 3.05) is 26.2 Å². The van der Waals surface area contributed by atoms with Crippen LogP contribution in [0.25, 0.3) is 0 Å².